The number of hydrogen-bond acceptors (Lipinski definition) is 5. The third-order valence-electron chi connectivity index (χ3n) is 12.2. The van der Waals surface area contributed by atoms with E-state index in [-0.39, 0.29) is 0 Å². The lowest BCUT2D eigenvalue weighted by atomic mass is 9.89. The van der Waals surface area contributed by atoms with Crippen LogP contribution in [0.25, 0.3) is 128 Å². The lowest BCUT2D eigenvalue weighted by Crippen LogP contribution is -2.00. The quantitative estimate of drug-likeness (QED) is 0.157. The summed E-state index contributed by atoms with van der Waals surface area (Å²) in [5, 5.41) is 9.35. The Morgan fingerprint density at radius 3 is 1.50 bits per heavy atom. The van der Waals surface area contributed by atoms with Gasteiger partial charge < -0.3 is 8.83 Å². The predicted molar refractivity (Wildman–Crippen MR) is 256 cm³/mol. The number of hydrogen-bond donors (Lipinski definition) is 0. The first-order chi connectivity index (χ1) is 30.6. The van der Waals surface area contributed by atoms with Gasteiger partial charge in [-0.15, -0.1) is 0 Å². The van der Waals surface area contributed by atoms with Gasteiger partial charge in [0.2, 0.25) is 0 Å². The van der Waals surface area contributed by atoms with E-state index in [1.807, 2.05) is 60.7 Å². The molecule has 0 saturated heterocycles. The molecule has 0 aliphatic carbocycles. The second kappa shape index (κ2) is 14.3. The van der Waals surface area contributed by atoms with Gasteiger partial charge in [0.15, 0.2) is 17.5 Å². The predicted octanol–water partition coefficient (Wildman–Crippen LogP) is 15.7. The van der Waals surface area contributed by atoms with Crippen LogP contribution in [0.15, 0.2) is 191 Å². The largest absolute Gasteiger partial charge is 0.456 e. The van der Waals surface area contributed by atoms with Gasteiger partial charge in [0.1, 0.15) is 22.3 Å². The fourth-order valence-corrected chi connectivity index (χ4v) is 9.14. The summed E-state index contributed by atoms with van der Waals surface area (Å²) in [6.45, 7) is 4.33. The molecule has 0 radical (unpaired) electrons. The summed E-state index contributed by atoms with van der Waals surface area (Å²) in [6, 6.07) is 61.4. The van der Waals surface area contributed by atoms with E-state index in [0.717, 1.165) is 71.7 Å². The standard InChI is InChI=1S/C57H37N3O2/c1-3-12-42-34(2)49-30-38(21-25-45(49)44-18-8-7-17-43(42)44)36-15-11-16-37(29-36)39-24-28-52-50(31-39)48-27-23-41(33-54(48)62-52)57-59-55(35-13-5-4-6-14-35)58-56(60-57)40-22-26-47-46-19-9-10-20-51(46)61-53(47)32-40/h3-33H,1-2H3/b12-3-. The molecule has 5 heteroatoms. The molecule has 9 aromatic carbocycles. The van der Waals surface area contributed by atoms with E-state index in [2.05, 4.69) is 141 Å². The minimum atomic E-state index is 0.563. The fraction of sp³-hybridized carbons (Fsp3) is 0.0351. The molecule has 0 bridgehead atoms. The van der Waals surface area contributed by atoms with E-state index in [4.69, 9.17) is 23.8 Å². The summed E-state index contributed by atoms with van der Waals surface area (Å²) in [7, 11) is 0. The maximum absolute atomic E-state index is 6.53. The molecule has 0 N–H and O–H groups in total. The SMILES string of the molecule is C/C=C\c1c(C)c2cc(-c3cccc(-c4ccc5oc6cc(-c7nc(-c8ccccc8)nc(-c8ccc9c(c8)oc8ccccc89)n7)ccc6c5c4)c3)ccc2c2ccccc12. The summed E-state index contributed by atoms with van der Waals surface area (Å²) in [4.78, 5) is 15.0. The first-order valence-electron chi connectivity index (χ1n) is 20.9. The Hall–Kier alpha value is -8.15. The van der Waals surface area contributed by atoms with Crippen molar-refractivity contribution >= 4 is 71.5 Å². The van der Waals surface area contributed by atoms with Crippen molar-refractivity contribution in [2.24, 2.45) is 0 Å². The van der Waals surface area contributed by atoms with Gasteiger partial charge in [0, 0.05) is 38.2 Å². The van der Waals surface area contributed by atoms with Crippen LogP contribution < -0.4 is 0 Å². The molecule has 12 rings (SSSR count). The average molecular weight is 796 g/mol. The Balaban J connectivity index is 0.919. The summed E-state index contributed by atoms with van der Waals surface area (Å²) >= 11 is 0. The van der Waals surface area contributed by atoms with Gasteiger partial charge in [0.05, 0.1) is 0 Å². The molecule has 0 atom stereocenters. The van der Waals surface area contributed by atoms with Crippen LogP contribution >= 0.6 is 0 Å². The molecule has 0 fully saturated rings. The monoisotopic (exact) mass is 795 g/mol. The number of nitrogens with zero attached hydrogens (tertiary/aromatic N) is 3. The molecule has 0 aliphatic rings. The van der Waals surface area contributed by atoms with Crippen LogP contribution in [0.4, 0.5) is 0 Å². The van der Waals surface area contributed by atoms with Crippen LogP contribution in [-0.2, 0) is 0 Å². The van der Waals surface area contributed by atoms with Gasteiger partial charge in [-0.05, 0) is 123 Å². The average Bonchev–Trinajstić information content (AvgIpc) is 3.90. The Morgan fingerprint density at radius 2 is 0.806 bits per heavy atom. The summed E-state index contributed by atoms with van der Waals surface area (Å²) in [6.07, 6.45) is 4.36. The molecule has 5 nitrogen and oxygen atoms in total. The van der Waals surface area contributed by atoms with Crippen LogP contribution in [0.1, 0.15) is 18.1 Å². The number of aryl methyl sites for hydroxylation is 1. The molecule has 3 aromatic heterocycles. The number of benzene rings is 9. The normalized spacial score (nSPS) is 12.0. The topological polar surface area (TPSA) is 65.0 Å². The lowest BCUT2D eigenvalue weighted by Gasteiger charge is -2.14. The van der Waals surface area contributed by atoms with Crippen molar-refractivity contribution in [2.75, 3.05) is 0 Å². The molecule has 12 aromatic rings. The van der Waals surface area contributed by atoms with Gasteiger partial charge in [-0.2, -0.15) is 0 Å². The van der Waals surface area contributed by atoms with Crippen LogP contribution in [-0.4, -0.2) is 15.0 Å². The molecule has 62 heavy (non-hydrogen) atoms. The number of aromatic nitrogens is 3. The molecule has 0 amide bonds. The number of fused-ring (bicyclic) bond motifs is 9. The number of allylic oxidation sites excluding steroid dienone is 1. The Morgan fingerprint density at radius 1 is 0.339 bits per heavy atom. The molecule has 3 heterocycles. The zero-order valence-electron chi connectivity index (χ0n) is 34.1. The lowest BCUT2D eigenvalue weighted by molar-refractivity contribution is 0.668. The maximum atomic E-state index is 6.53. The van der Waals surface area contributed by atoms with Crippen LogP contribution in [0.3, 0.4) is 0 Å². The molecule has 292 valence electrons. The highest BCUT2D eigenvalue weighted by Gasteiger charge is 2.17. The van der Waals surface area contributed by atoms with E-state index in [9.17, 15) is 0 Å². The van der Waals surface area contributed by atoms with Crippen molar-refractivity contribution in [3.8, 4) is 56.4 Å². The summed E-state index contributed by atoms with van der Waals surface area (Å²) in [5.41, 5.74) is 13.0. The second-order valence-corrected chi connectivity index (χ2v) is 15.9. The van der Waals surface area contributed by atoms with Crippen molar-refractivity contribution in [3.05, 3.63) is 193 Å². The third kappa shape index (κ3) is 5.89. The highest BCUT2D eigenvalue weighted by molar-refractivity contribution is 6.14. The van der Waals surface area contributed by atoms with Crippen LogP contribution in [0.2, 0.25) is 0 Å². The van der Waals surface area contributed by atoms with E-state index in [0.29, 0.717) is 17.5 Å². The molecule has 0 unspecified atom stereocenters. The Labute approximate surface area is 357 Å². The van der Waals surface area contributed by atoms with Crippen molar-refractivity contribution in [1.29, 1.82) is 0 Å². The maximum Gasteiger partial charge on any atom is 0.164 e. The summed E-state index contributed by atoms with van der Waals surface area (Å²) < 4.78 is 12.8. The molecule has 0 saturated carbocycles. The van der Waals surface area contributed by atoms with E-state index < -0.39 is 0 Å². The second-order valence-electron chi connectivity index (χ2n) is 15.9. The van der Waals surface area contributed by atoms with Crippen molar-refractivity contribution in [1.82, 2.24) is 15.0 Å². The molecule has 0 aliphatic heterocycles. The zero-order valence-corrected chi connectivity index (χ0v) is 34.1. The zero-order chi connectivity index (χ0) is 41.3. The van der Waals surface area contributed by atoms with E-state index in [1.54, 1.807) is 0 Å². The van der Waals surface area contributed by atoms with Gasteiger partial charge in [-0.25, -0.2) is 15.0 Å². The number of para-hydroxylation sites is 1. The molecular weight excluding hydrogens is 759 g/mol. The van der Waals surface area contributed by atoms with Gasteiger partial charge in [-0.1, -0.05) is 133 Å². The number of rotatable bonds is 6. The first kappa shape index (κ1) is 35.8. The van der Waals surface area contributed by atoms with Gasteiger partial charge in [-0.3, -0.25) is 0 Å². The van der Waals surface area contributed by atoms with Crippen molar-refractivity contribution < 1.29 is 8.83 Å². The summed E-state index contributed by atoms with van der Waals surface area (Å²) in [5.74, 6) is 1.73. The Bertz CT molecular complexity index is 3780. The third-order valence-corrected chi connectivity index (χ3v) is 12.2. The van der Waals surface area contributed by atoms with E-state index >= 15 is 0 Å². The van der Waals surface area contributed by atoms with E-state index in [1.165, 1.54) is 43.8 Å². The molecular formula is C57H37N3O2. The minimum Gasteiger partial charge on any atom is -0.456 e. The van der Waals surface area contributed by atoms with Gasteiger partial charge in [0.25, 0.3) is 0 Å². The highest BCUT2D eigenvalue weighted by atomic mass is 16.3. The Kier molecular flexibility index (Phi) is 8.22. The van der Waals surface area contributed by atoms with Gasteiger partial charge >= 0.3 is 0 Å². The number of furan rings is 2. The van der Waals surface area contributed by atoms with Crippen LogP contribution in [0, 0.1) is 6.92 Å². The first-order valence-corrected chi connectivity index (χ1v) is 20.9. The minimum absolute atomic E-state index is 0.563. The van der Waals surface area contributed by atoms with Crippen LogP contribution in [0.5, 0.6) is 0 Å². The van der Waals surface area contributed by atoms with Crippen molar-refractivity contribution in [2.45, 2.75) is 13.8 Å². The van der Waals surface area contributed by atoms with Crippen molar-refractivity contribution in [3.63, 3.8) is 0 Å². The molecule has 0 spiro atoms. The highest BCUT2D eigenvalue weighted by Crippen LogP contribution is 2.39. The smallest absolute Gasteiger partial charge is 0.164 e. The fourth-order valence-electron chi connectivity index (χ4n) is 9.14.